The second-order valence-electron chi connectivity index (χ2n) is 6.27. The minimum Gasteiger partial charge on any atom is -0.342 e. The van der Waals surface area contributed by atoms with Gasteiger partial charge in [0.25, 0.3) is 0 Å². The maximum absolute atomic E-state index is 12.3. The number of halogens is 2. The van der Waals surface area contributed by atoms with Gasteiger partial charge < -0.3 is 10.2 Å². The van der Waals surface area contributed by atoms with Gasteiger partial charge in [-0.2, -0.15) is 0 Å². The first-order valence-electron chi connectivity index (χ1n) is 7.97. The Kier molecular flexibility index (Phi) is 6.54. The summed E-state index contributed by atoms with van der Waals surface area (Å²) in [6.07, 6.45) is 5.34. The number of likely N-dealkylation sites (tertiary alicyclic amines) is 1. The molecule has 2 aliphatic rings. The van der Waals surface area contributed by atoms with Crippen LogP contribution in [0, 0.1) is 5.92 Å². The molecule has 1 N–H and O–H groups in total. The van der Waals surface area contributed by atoms with Crippen LogP contribution >= 0.6 is 24.0 Å². The smallest absolute Gasteiger partial charge is 0.227 e. The summed E-state index contributed by atoms with van der Waals surface area (Å²) in [6, 6.07) is 8.20. The van der Waals surface area contributed by atoms with E-state index in [-0.39, 0.29) is 18.3 Å². The standard InChI is InChI=1S/C17H23ClN2O.ClH/c18-16-4-2-1-3-14(16)11-17(21)20-9-7-15(8-10-20)19-12-13-5-6-13;/h1-4,13,15,19H,5-12H2;1H. The number of amides is 1. The lowest BCUT2D eigenvalue weighted by Gasteiger charge is -2.32. The lowest BCUT2D eigenvalue weighted by atomic mass is 10.0. The van der Waals surface area contributed by atoms with Crippen LogP contribution in [0.3, 0.4) is 0 Å². The normalized spacial score (nSPS) is 18.9. The molecule has 0 radical (unpaired) electrons. The Morgan fingerprint density at radius 3 is 2.50 bits per heavy atom. The van der Waals surface area contributed by atoms with E-state index in [2.05, 4.69) is 5.32 Å². The summed E-state index contributed by atoms with van der Waals surface area (Å²) in [5, 5.41) is 4.33. The van der Waals surface area contributed by atoms with E-state index in [9.17, 15) is 4.79 Å². The Labute approximate surface area is 143 Å². The van der Waals surface area contributed by atoms with Crippen molar-refractivity contribution in [1.29, 1.82) is 0 Å². The molecule has 5 heteroatoms. The van der Waals surface area contributed by atoms with E-state index in [1.165, 1.54) is 12.8 Å². The number of carbonyl (C=O) groups excluding carboxylic acids is 1. The minimum atomic E-state index is 0. The van der Waals surface area contributed by atoms with Crippen LogP contribution in [0.4, 0.5) is 0 Å². The topological polar surface area (TPSA) is 32.3 Å². The Morgan fingerprint density at radius 1 is 1.18 bits per heavy atom. The van der Waals surface area contributed by atoms with Crippen molar-refractivity contribution in [3.63, 3.8) is 0 Å². The average Bonchev–Trinajstić information content (AvgIpc) is 3.32. The van der Waals surface area contributed by atoms with Gasteiger partial charge in [0.1, 0.15) is 0 Å². The molecular weight excluding hydrogens is 319 g/mol. The van der Waals surface area contributed by atoms with Gasteiger partial charge in [0.2, 0.25) is 5.91 Å². The fourth-order valence-corrected chi connectivity index (χ4v) is 3.11. The van der Waals surface area contributed by atoms with Gasteiger partial charge >= 0.3 is 0 Å². The van der Waals surface area contributed by atoms with Gasteiger partial charge in [0.05, 0.1) is 6.42 Å². The lowest BCUT2D eigenvalue weighted by molar-refractivity contribution is -0.131. The molecule has 0 aromatic heterocycles. The number of nitrogens with one attached hydrogen (secondary N) is 1. The van der Waals surface area contributed by atoms with Crippen molar-refractivity contribution in [2.45, 2.75) is 38.1 Å². The summed E-state index contributed by atoms with van der Waals surface area (Å²) in [5.41, 5.74) is 0.929. The summed E-state index contributed by atoms with van der Waals surface area (Å²) < 4.78 is 0. The van der Waals surface area contributed by atoms with Crippen LogP contribution in [-0.4, -0.2) is 36.5 Å². The number of benzene rings is 1. The molecule has 1 aliphatic carbocycles. The number of nitrogens with zero attached hydrogens (tertiary/aromatic N) is 1. The van der Waals surface area contributed by atoms with E-state index >= 15 is 0 Å². The summed E-state index contributed by atoms with van der Waals surface area (Å²) in [6.45, 7) is 2.90. The third-order valence-electron chi connectivity index (χ3n) is 4.54. The molecule has 22 heavy (non-hydrogen) atoms. The quantitative estimate of drug-likeness (QED) is 0.890. The first-order valence-corrected chi connectivity index (χ1v) is 8.35. The largest absolute Gasteiger partial charge is 0.342 e. The third kappa shape index (κ3) is 4.87. The molecule has 0 atom stereocenters. The van der Waals surface area contributed by atoms with Gasteiger partial charge in [-0.3, -0.25) is 4.79 Å². The zero-order valence-corrected chi connectivity index (χ0v) is 14.3. The zero-order chi connectivity index (χ0) is 14.7. The van der Waals surface area contributed by atoms with E-state index in [4.69, 9.17) is 11.6 Å². The Balaban J connectivity index is 0.00000176. The van der Waals surface area contributed by atoms with Crippen LogP contribution < -0.4 is 5.32 Å². The molecular formula is C17H24Cl2N2O. The highest BCUT2D eigenvalue weighted by atomic mass is 35.5. The number of piperidine rings is 1. The second-order valence-corrected chi connectivity index (χ2v) is 6.68. The summed E-state index contributed by atoms with van der Waals surface area (Å²) in [5.74, 6) is 1.12. The van der Waals surface area contributed by atoms with Gasteiger partial charge in [-0.05, 0) is 49.8 Å². The van der Waals surface area contributed by atoms with Crippen LogP contribution in [0.5, 0.6) is 0 Å². The number of hydrogen-bond acceptors (Lipinski definition) is 2. The Bertz CT molecular complexity index is 497. The van der Waals surface area contributed by atoms with Gasteiger partial charge in [0, 0.05) is 24.2 Å². The van der Waals surface area contributed by atoms with Crippen molar-refractivity contribution in [2.75, 3.05) is 19.6 Å². The number of carbonyl (C=O) groups is 1. The SMILES string of the molecule is Cl.O=C(Cc1ccccc1Cl)N1CCC(NCC2CC2)CC1. The van der Waals surface area contributed by atoms with Gasteiger partial charge in [0.15, 0.2) is 0 Å². The lowest BCUT2D eigenvalue weighted by Crippen LogP contribution is -2.45. The van der Waals surface area contributed by atoms with Gasteiger partial charge in [-0.1, -0.05) is 29.8 Å². The van der Waals surface area contributed by atoms with Crippen LogP contribution in [-0.2, 0) is 11.2 Å². The van der Waals surface area contributed by atoms with Crippen molar-refractivity contribution in [3.05, 3.63) is 34.9 Å². The molecule has 3 nitrogen and oxygen atoms in total. The van der Waals surface area contributed by atoms with E-state index in [0.717, 1.165) is 44.0 Å². The van der Waals surface area contributed by atoms with Crippen LogP contribution in [0.2, 0.25) is 5.02 Å². The molecule has 0 bridgehead atoms. The predicted molar refractivity (Wildman–Crippen MR) is 92.7 cm³/mol. The molecule has 2 fully saturated rings. The molecule has 1 aliphatic heterocycles. The first kappa shape index (κ1) is 17.6. The number of hydrogen-bond donors (Lipinski definition) is 1. The molecule has 1 aromatic rings. The van der Waals surface area contributed by atoms with Gasteiger partial charge in [-0.25, -0.2) is 0 Å². The highest BCUT2D eigenvalue weighted by Crippen LogP contribution is 2.28. The second kappa shape index (κ2) is 8.19. The molecule has 1 saturated heterocycles. The fourth-order valence-electron chi connectivity index (χ4n) is 2.90. The summed E-state index contributed by atoms with van der Waals surface area (Å²) in [7, 11) is 0. The van der Waals surface area contributed by atoms with Crippen LogP contribution in [0.1, 0.15) is 31.2 Å². The van der Waals surface area contributed by atoms with Crippen molar-refractivity contribution >= 4 is 29.9 Å². The highest BCUT2D eigenvalue weighted by molar-refractivity contribution is 6.31. The third-order valence-corrected chi connectivity index (χ3v) is 4.91. The molecule has 122 valence electrons. The predicted octanol–water partition coefficient (Wildman–Crippen LogP) is 3.29. The molecule has 0 spiro atoms. The fraction of sp³-hybridized carbons (Fsp3) is 0.588. The van der Waals surface area contributed by atoms with Crippen LogP contribution in [0.25, 0.3) is 0 Å². The van der Waals surface area contributed by atoms with E-state index in [1.807, 2.05) is 29.2 Å². The van der Waals surface area contributed by atoms with Crippen LogP contribution in [0.15, 0.2) is 24.3 Å². The van der Waals surface area contributed by atoms with E-state index in [1.54, 1.807) is 0 Å². The highest BCUT2D eigenvalue weighted by Gasteiger charge is 2.26. The van der Waals surface area contributed by atoms with E-state index in [0.29, 0.717) is 17.5 Å². The van der Waals surface area contributed by atoms with Crippen molar-refractivity contribution < 1.29 is 4.79 Å². The monoisotopic (exact) mass is 342 g/mol. The molecule has 1 aromatic carbocycles. The van der Waals surface area contributed by atoms with Crippen molar-refractivity contribution in [2.24, 2.45) is 5.92 Å². The van der Waals surface area contributed by atoms with Gasteiger partial charge in [-0.15, -0.1) is 12.4 Å². The molecule has 0 unspecified atom stereocenters. The minimum absolute atomic E-state index is 0. The zero-order valence-electron chi connectivity index (χ0n) is 12.8. The van der Waals surface area contributed by atoms with Crippen molar-refractivity contribution in [1.82, 2.24) is 10.2 Å². The number of rotatable bonds is 5. The summed E-state index contributed by atoms with van der Waals surface area (Å²) in [4.78, 5) is 14.3. The maximum Gasteiger partial charge on any atom is 0.227 e. The first-order chi connectivity index (χ1) is 10.2. The maximum atomic E-state index is 12.3. The molecule has 3 rings (SSSR count). The van der Waals surface area contributed by atoms with E-state index < -0.39 is 0 Å². The average molecular weight is 343 g/mol. The Morgan fingerprint density at radius 2 is 1.86 bits per heavy atom. The van der Waals surface area contributed by atoms with Crippen molar-refractivity contribution in [3.8, 4) is 0 Å². The summed E-state index contributed by atoms with van der Waals surface area (Å²) >= 11 is 6.13. The molecule has 1 heterocycles. The molecule has 1 amide bonds. The Hall–Kier alpha value is -0.770. The molecule has 1 saturated carbocycles.